The summed E-state index contributed by atoms with van der Waals surface area (Å²) in [6.07, 6.45) is 4.19. The standard InChI is InChI=1S/C14H23N3O2/c1-10(2)7-15-12-6-14(18)17(16-8-12)9-13-5-4-11(3)19-13/h6,8,10-11,13,15H,4-5,7,9H2,1-3H3. The van der Waals surface area contributed by atoms with Crippen molar-refractivity contribution in [3.05, 3.63) is 22.6 Å². The molecule has 5 heteroatoms. The maximum Gasteiger partial charge on any atom is 0.268 e. The molecule has 2 rings (SSSR count). The van der Waals surface area contributed by atoms with Crippen LogP contribution >= 0.6 is 0 Å². The van der Waals surface area contributed by atoms with Gasteiger partial charge in [0.2, 0.25) is 0 Å². The smallest absolute Gasteiger partial charge is 0.268 e. The molecule has 19 heavy (non-hydrogen) atoms. The molecule has 0 aliphatic carbocycles. The van der Waals surface area contributed by atoms with Crippen molar-refractivity contribution in [3.8, 4) is 0 Å². The van der Waals surface area contributed by atoms with Crippen LogP contribution in [0.15, 0.2) is 17.1 Å². The number of anilines is 1. The molecule has 2 atom stereocenters. The average Bonchev–Trinajstić information content (AvgIpc) is 2.75. The van der Waals surface area contributed by atoms with Crippen LogP contribution in [0.4, 0.5) is 5.69 Å². The predicted octanol–water partition coefficient (Wildman–Crippen LogP) is 1.88. The summed E-state index contributed by atoms with van der Waals surface area (Å²) in [6.45, 7) is 7.71. The first-order chi connectivity index (χ1) is 9.04. The van der Waals surface area contributed by atoms with E-state index in [4.69, 9.17) is 4.74 Å². The highest BCUT2D eigenvalue weighted by Gasteiger charge is 2.22. The number of hydrogen-bond acceptors (Lipinski definition) is 4. The van der Waals surface area contributed by atoms with Crippen LogP contribution in [0.25, 0.3) is 0 Å². The lowest BCUT2D eigenvalue weighted by Crippen LogP contribution is -2.28. The molecule has 0 bridgehead atoms. The third-order valence-electron chi connectivity index (χ3n) is 3.28. The number of ether oxygens (including phenoxy) is 1. The molecule has 2 unspecified atom stereocenters. The van der Waals surface area contributed by atoms with Gasteiger partial charge in [-0.3, -0.25) is 4.79 Å². The van der Waals surface area contributed by atoms with Gasteiger partial charge in [-0.15, -0.1) is 0 Å². The molecular weight excluding hydrogens is 242 g/mol. The van der Waals surface area contributed by atoms with Crippen LogP contribution in [-0.2, 0) is 11.3 Å². The first-order valence-electron chi connectivity index (χ1n) is 7.01. The van der Waals surface area contributed by atoms with Crippen LogP contribution in [0.5, 0.6) is 0 Å². The minimum absolute atomic E-state index is 0.0723. The van der Waals surface area contributed by atoms with Crippen molar-refractivity contribution in [2.24, 2.45) is 5.92 Å². The zero-order valence-electron chi connectivity index (χ0n) is 11.9. The molecule has 5 nitrogen and oxygen atoms in total. The van der Waals surface area contributed by atoms with E-state index < -0.39 is 0 Å². The van der Waals surface area contributed by atoms with Gasteiger partial charge < -0.3 is 10.1 Å². The molecular formula is C14H23N3O2. The van der Waals surface area contributed by atoms with Gasteiger partial charge in [0.05, 0.1) is 30.6 Å². The second kappa shape index (κ2) is 6.19. The lowest BCUT2D eigenvalue weighted by Gasteiger charge is -2.13. The summed E-state index contributed by atoms with van der Waals surface area (Å²) in [4.78, 5) is 12.0. The molecule has 1 saturated heterocycles. The van der Waals surface area contributed by atoms with Gasteiger partial charge >= 0.3 is 0 Å². The van der Waals surface area contributed by atoms with Crippen molar-refractivity contribution in [2.45, 2.75) is 52.4 Å². The number of rotatable bonds is 5. The Morgan fingerprint density at radius 1 is 1.53 bits per heavy atom. The van der Waals surface area contributed by atoms with E-state index in [2.05, 4.69) is 31.2 Å². The third kappa shape index (κ3) is 4.06. The Kier molecular flexibility index (Phi) is 4.58. The molecule has 1 fully saturated rings. The predicted molar refractivity (Wildman–Crippen MR) is 75.4 cm³/mol. The van der Waals surface area contributed by atoms with Crippen molar-refractivity contribution in [2.75, 3.05) is 11.9 Å². The number of aromatic nitrogens is 2. The molecule has 1 aromatic rings. The topological polar surface area (TPSA) is 56.1 Å². The molecule has 0 spiro atoms. The highest BCUT2D eigenvalue weighted by Crippen LogP contribution is 2.19. The summed E-state index contributed by atoms with van der Waals surface area (Å²) >= 11 is 0. The summed E-state index contributed by atoms with van der Waals surface area (Å²) in [5, 5.41) is 7.41. The Balaban J connectivity index is 1.97. The lowest BCUT2D eigenvalue weighted by molar-refractivity contribution is 0.0428. The van der Waals surface area contributed by atoms with E-state index in [9.17, 15) is 4.79 Å². The van der Waals surface area contributed by atoms with Crippen LogP contribution in [0.1, 0.15) is 33.6 Å². The monoisotopic (exact) mass is 265 g/mol. The fraction of sp³-hybridized carbons (Fsp3) is 0.714. The minimum Gasteiger partial charge on any atom is -0.383 e. The van der Waals surface area contributed by atoms with Gasteiger partial charge in [-0.2, -0.15) is 5.10 Å². The van der Waals surface area contributed by atoms with Gasteiger partial charge in [0.15, 0.2) is 0 Å². The Bertz CT molecular complexity index is 470. The lowest BCUT2D eigenvalue weighted by atomic mass is 10.2. The number of hydrogen-bond donors (Lipinski definition) is 1. The van der Waals surface area contributed by atoms with E-state index in [-0.39, 0.29) is 11.7 Å². The zero-order valence-corrected chi connectivity index (χ0v) is 11.9. The first-order valence-corrected chi connectivity index (χ1v) is 7.01. The van der Waals surface area contributed by atoms with Gasteiger partial charge in [0.1, 0.15) is 0 Å². The van der Waals surface area contributed by atoms with Crippen molar-refractivity contribution in [3.63, 3.8) is 0 Å². The maximum absolute atomic E-state index is 12.0. The number of nitrogens with one attached hydrogen (secondary N) is 1. The van der Waals surface area contributed by atoms with Gasteiger partial charge in [-0.1, -0.05) is 13.8 Å². The Hall–Kier alpha value is -1.36. The van der Waals surface area contributed by atoms with E-state index in [1.54, 1.807) is 12.3 Å². The molecule has 1 aromatic heterocycles. The van der Waals surface area contributed by atoms with Gasteiger partial charge in [0.25, 0.3) is 5.56 Å². The van der Waals surface area contributed by atoms with Crippen LogP contribution in [0.3, 0.4) is 0 Å². The van der Waals surface area contributed by atoms with E-state index in [1.165, 1.54) is 4.68 Å². The van der Waals surface area contributed by atoms with E-state index in [0.717, 1.165) is 25.1 Å². The summed E-state index contributed by atoms with van der Waals surface area (Å²) < 4.78 is 7.20. The molecule has 1 N–H and O–H groups in total. The zero-order chi connectivity index (χ0) is 13.8. The SMILES string of the molecule is CC(C)CNc1cnn(CC2CCC(C)O2)c(=O)c1. The fourth-order valence-electron chi connectivity index (χ4n) is 2.20. The largest absolute Gasteiger partial charge is 0.383 e. The molecule has 0 radical (unpaired) electrons. The summed E-state index contributed by atoms with van der Waals surface area (Å²) in [5.74, 6) is 0.538. The maximum atomic E-state index is 12.0. The third-order valence-corrected chi connectivity index (χ3v) is 3.28. The van der Waals surface area contributed by atoms with Crippen LogP contribution in [0, 0.1) is 5.92 Å². The van der Waals surface area contributed by atoms with E-state index in [0.29, 0.717) is 18.6 Å². The quantitative estimate of drug-likeness (QED) is 0.883. The Morgan fingerprint density at radius 2 is 2.32 bits per heavy atom. The molecule has 0 amide bonds. The second-order valence-electron chi connectivity index (χ2n) is 5.69. The van der Waals surface area contributed by atoms with Crippen LogP contribution in [-0.4, -0.2) is 28.5 Å². The number of nitrogens with zero attached hydrogens (tertiary/aromatic N) is 2. The van der Waals surface area contributed by atoms with E-state index in [1.807, 2.05) is 0 Å². The molecule has 0 saturated carbocycles. The fourth-order valence-corrected chi connectivity index (χ4v) is 2.20. The summed E-state index contributed by atoms with van der Waals surface area (Å²) in [5.41, 5.74) is 0.715. The Morgan fingerprint density at radius 3 is 2.89 bits per heavy atom. The molecule has 106 valence electrons. The average molecular weight is 265 g/mol. The summed E-state index contributed by atoms with van der Waals surface area (Å²) in [7, 11) is 0. The molecule has 2 heterocycles. The highest BCUT2D eigenvalue weighted by molar-refractivity contribution is 5.38. The van der Waals surface area contributed by atoms with Crippen molar-refractivity contribution < 1.29 is 4.74 Å². The van der Waals surface area contributed by atoms with Crippen molar-refractivity contribution in [1.29, 1.82) is 0 Å². The Labute approximate surface area is 114 Å². The molecule has 0 aromatic carbocycles. The van der Waals surface area contributed by atoms with Gasteiger partial charge in [-0.25, -0.2) is 4.68 Å². The highest BCUT2D eigenvalue weighted by atomic mass is 16.5. The van der Waals surface area contributed by atoms with E-state index >= 15 is 0 Å². The first kappa shape index (κ1) is 14.1. The van der Waals surface area contributed by atoms with Crippen molar-refractivity contribution in [1.82, 2.24) is 9.78 Å². The minimum atomic E-state index is -0.0723. The summed E-state index contributed by atoms with van der Waals surface area (Å²) in [6, 6.07) is 1.60. The van der Waals surface area contributed by atoms with Gasteiger partial charge in [-0.05, 0) is 25.7 Å². The van der Waals surface area contributed by atoms with Crippen LogP contribution < -0.4 is 10.9 Å². The normalized spacial score (nSPS) is 22.9. The second-order valence-corrected chi connectivity index (χ2v) is 5.69. The van der Waals surface area contributed by atoms with Gasteiger partial charge in [0, 0.05) is 12.6 Å². The van der Waals surface area contributed by atoms with Crippen molar-refractivity contribution >= 4 is 5.69 Å². The molecule has 1 aliphatic rings. The van der Waals surface area contributed by atoms with Crippen LogP contribution in [0.2, 0.25) is 0 Å². The molecule has 1 aliphatic heterocycles.